The van der Waals surface area contributed by atoms with Crippen LogP contribution in [0.4, 0.5) is 0 Å². The lowest BCUT2D eigenvalue weighted by molar-refractivity contribution is 0.941. The van der Waals surface area contributed by atoms with Crippen molar-refractivity contribution in [1.29, 1.82) is 0 Å². The van der Waals surface area contributed by atoms with Crippen molar-refractivity contribution in [3.05, 3.63) is 23.9 Å². The van der Waals surface area contributed by atoms with Crippen LogP contribution in [0, 0.1) is 0 Å². The number of rotatable bonds is 5. The molecule has 0 saturated carbocycles. The van der Waals surface area contributed by atoms with Crippen LogP contribution in [0.3, 0.4) is 0 Å². The monoisotopic (exact) mass is 194 g/mol. The molecule has 0 spiro atoms. The molecule has 0 aromatic rings. The van der Waals surface area contributed by atoms with Crippen molar-refractivity contribution in [2.24, 2.45) is 4.99 Å². The van der Waals surface area contributed by atoms with E-state index in [1.165, 1.54) is 12.0 Å². The van der Waals surface area contributed by atoms with E-state index in [2.05, 4.69) is 36.3 Å². The molecule has 0 bridgehead atoms. The lowest BCUT2D eigenvalue weighted by Gasteiger charge is -1.99. The van der Waals surface area contributed by atoms with Crippen LogP contribution in [-0.4, -0.2) is 12.9 Å². The van der Waals surface area contributed by atoms with Crippen molar-refractivity contribution in [1.82, 2.24) is 5.32 Å². The van der Waals surface area contributed by atoms with Gasteiger partial charge in [0, 0.05) is 13.2 Å². The number of allylic oxidation sites excluding steroid dienone is 3. The Morgan fingerprint density at radius 2 is 2.07 bits per heavy atom. The number of amidine groups is 1. The molecule has 0 unspecified atom stereocenters. The molecule has 0 aromatic carbocycles. The molecule has 0 aliphatic carbocycles. The lowest BCUT2D eigenvalue weighted by Crippen LogP contribution is -2.12. The largest absolute Gasteiger partial charge is 0.351 e. The van der Waals surface area contributed by atoms with Gasteiger partial charge in [-0.25, -0.2) is 0 Å². The SMILES string of the molecule is CCC/C=C(/C=C\NC(C)=NC)CC. The first-order valence-electron chi connectivity index (χ1n) is 5.30. The molecule has 0 aliphatic rings. The highest BCUT2D eigenvalue weighted by molar-refractivity contribution is 5.80. The zero-order valence-electron chi connectivity index (χ0n) is 9.80. The number of aliphatic imine (C=N–C) groups is 1. The maximum absolute atomic E-state index is 4.01. The number of nitrogens with one attached hydrogen (secondary N) is 1. The highest BCUT2D eigenvalue weighted by Gasteiger charge is 1.87. The summed E-state index contributed by atoms with van der Waals surface area (Å²) >= 11 is 0. The van der Waals surface area contributed by atoms with Gasteiger partial charge in [-0.2, -0.15) is 0 Å². The average Bonchev–Trinajstić information content (AvgIpc) is 2.22. The highest BCUT2D eigenvalue weighted by Crippen LogP contribution is 2.04. The van der Waals surface area contributed by atoms with E-state index in [9.17, 15) is 0 Å². The summed E-state index contributed by atoms with van der Waals surface area (Å²) in [4.78, 5) is 4.01. The molecule has 14 heavy (non-hydrogen) atoms. The van der Waals surface area contributed by atoms with Crippen LogP contribution in [0.25, 0.3) is 0 Å². The van der Waals surface area contributed by atoms with Crippen LogP contribution in [-0.2, 0) is 0 Å². The summed E-state index contributed by atoms with van der Waals surface area (Å²) in [6.45, 7) is 6.32. The van der Waals surface area contributed by atoms with Gasteiger partial charge in [0.05, 0.1) is 5.84 Å². The van der Waals surface area contributed by atoms with Crippen molar-refractivity contribution >= 4 is 5.84 Å². The fourth-order valence-corrected chi connectivity index (χ4v) is 0.994. The minimum atomic E-state index is 0.937. The van der Waals surface area contributed by atoms with E-state index in [0.717, 1.165) is 18.7 Å². The number of nitrogens with zero attached hydrogens (tertiary/aromatic N) is 1. The Balaban J connectivity index is 4.04. The molecule has 0 amide bonds. The molecule has 0 saturated heterocycles. The average molecular weight is 194 g/mol. The van der Waals surface area contributed by atoms with Crippen LogP contribution in [0.5, 0.6) is 0 Å². The van der Waals surface area contributed by atoms with E-state index in [0.29, 0.717) is 0 Å². The Kier molecular flexibility index (Phi) is 7.90. The van der Waals surface area contributed by atoms with Gasteiger partial charge in [0.2, 0.25) is 0 Å². The first-order chi connectivity index (χ1) is 6.74. The molecule has 0 atom stereocenters. The third-order valence-electron chi connectivity index (χ3n) is 2.03. The second-order valence-electron chi connectivity index (χ2n) is 3.21. The van der Waals surface area contributed by atoms with E-state index in [-0.39, 0.29) is 0 Å². The fourth-order valence-electron chi connectivity index (χ4n) is 0.994. The zero-order chi connectivity index (χ0) is 10.8. The first-order valence-corrected chi connectivity index (χ1v) is 5.30. The maximum Gasteiger partial charge on any atom is 0.0967 e. The highest BCUT2D eigenvalue weighted by atomic mass is 14.9. The molecule has 1 N–H and O–H groups in total. The quantitative estimate of drug-likeness (QED) is 0.405. The molecular formula is C12H22N2. The molecule has 80 valence electrons. The molecule has 0 aliphatic heterocycles. The zero-order valence-corrected chi connectivity index (χ0v) is 9.80. The van der Waals surface area contributed by atoms with Crippen LogP contribution in [0.2, 0.25) is 0 Å². The van der Waals surface area contributed by atoms with E-state index < -0.39 is 0 Å². The van der Waals surface area contributed by atoms with Crippen molar-refractivity contribution in [3.8, 4) is 0 Å². The second kappa shape index (κ2) is 8.54. The van der Waals surface area contributed by atoms with Gasteiger partial charge in [-0.05, 0) is 25.8 Å². The second-order valence-corrected chi connectivity index (χ2v) is 3.21. The minimum Gasteiger partial charge on any atom is -0.351 e. The van der Waals surface area contributed by atoms with Crippen LogP contribution in [0.1, 0.15) is 40.0 Å². The van der Waals surface area contributed by atoms with Crippen LogP contribution in [0.15, 0.2) is 28.9 Å². The summed E-state index contributed by atoms with van der Waals surface area (Å²) in [7, 11) is 1.78. The standard InChI is InChI=1S/C12H22N2/c1-5-7-8-12(6-2)9-10-14-11(3)13-4/h8-10H,5-7H2,1-4H3,(H,13,14)/b10-9-,12-8+. The molecule has 0 aromatic heterocycles. The maximum atomic E-state index is 4.01. The van der Waals surface area contributed by atoms with Gasteiger partial charge in [0.25, 0.3) is 0 Å². The summed E-state index contributed by atoms with van der Waals surface area (Å²) in [6.07, 6.45) is 9.81. The molecule has 0 radical (unpaired) electrons. The summed E-state index contributed by atoms with van der Waals surface area (Å²) in [6, 6.07) is 0. The van der Waals surface area contributed by atoms with E-state index in [1.54, 1.807) is 7.05 Å². The van der Waals surface area contributed by atoms with Gasteiger partial charge in [0.15, 0.2) is 0 Å². The normalized spacial score (nSPS) is 13.7. The number of hydrogen-bond acceptors (Lipinski definition) is 1. The van der Waals surface area contributed by atoms with Crippen molar-refractivity contribution in [3.63, 3.8) is 0 Å². The molecular weight excluding hydrogens is 172 g/mol. The molecule has 0 fully saturated rings. The Bertz CT molecular complexity index is 224. The molecule has 2 heteroatoms. The Morgan fingerprint density at radius 1 is 1.36 bits per heavy atom. The summed E-state index contributed by atoms with van der Waals surface area (Å²) < 4.78 is 0. The van der Waals surface area contributed by atoms with Crippen molar-refractivity contribution in [2.75, 3.05) is 7.05 Å². The Hall–Kier alpha value is -1.05. The minimum absolute atomic E-state index is 0.937. The van der Waals surface area contributed by atoms with Crippen molar-refractivity contribution < 1.29 is 0 Å². The lowest BCUT2D eigenvalue weighted by atomic mass is 10.1. The first kappa shape index (κ1) is 12.9. The third-order valence-corrected chi connectivity index (χ3v) is 2.03. The van der Waals surface area contributed by atoms with Crippen molar-refractivity contribution in [2.45, 2.75) is 40.0 Å². The Morgan fingerprint density at radius 3 is 2.57 bits per heavy atom. The number of unbranched alkanes of at least 4 members (excludes halogenated alkanes) is 1. The summed E-state index contributed by atoms with van der Waals surface area (Å²) in [5.74, 6) is 0.937. The molecule has 0 heterocycles. The summed E-state index contributed by atoms with van der Waals surface area (Å²) in [5, 5.41) is 3.10. The predicted molar refractivity (Wildman–Crippen MR) is 64.6 cm³/mol. The van der Waals surface area contributed by atoms with Gasteiger partial charge in [-0.1, -0.05) is 31.9 Å². The van der Waals surface area contributed by atoms with Gasteiger partial charge >= 0.3 is 0 Å². The fraction of sp³-hybridized carbons (Fsp3) is 0.583. The third kappa shape index (κ3) is 6.46. The van der Waals surface area contributed by atoms with Crippen LogP contribution < -0.4 is 5.32 Å². The van der Waals surface area contributed by atoms with Gasteiger partial charge in [-0.15, -0.1) is 0 Å². The van der Waals surface area contributed by atoms with E-state index >= 15 is 0 Å². The van der Waals surface area contributed by atoms with E-state index in [4.69, 9.17) is 0 Å². The smallest absolute Gasteiger partial charge is 0.0967 e. The number of hydrogen-bond donors (Lipinski definition) is 1. The molecule has 2 nitrogen and oxygen atoms in total. The topological polar surface area (TPSA) is 24.4 Å². The van der Waals surface area contributed by atoms with E-state index in [1.807, 2.05) is 13.1 Å². The van der Waals surface area contributed by atoms with Gasteiger partial charge in [-0.3, -0.25) is 4.99 Å². The summed E-state index contributed by atoms with van der Waals surface area (Å²) in [5.41, 5.74) is 1.38. The predicted octanol–water partition coefficient (Wildman–Crippen LogP) is 3.27. The Labute approximate surface area is 87.8 Å². The van der Waals surface area contributed by atoms with Crippen LogP contribution >= 0.6 is 0 Å². The molecule has 0 rings (SSSR count). The van der Waals surface area contributed by atoms with Gasteiger partial charge < -0.3 is 5.32 Å². The van der Waals surface area contributed by atoms with Gasteiger partial charge in [0.1, 0.15) is 0 Å².